The molecule has 2 aliphatic rings. The van der Waals surface area contributed by atoms with E-state index in [1.807, 2.05) is 4.90 Å². The molecule has 0 aliphatic carbocycles. The number of aromatic nitrogens is 2. The Morgan fingerprint density at radius 3 is 2.70 bits per heavy atom. The lowest BCUT2D eigenvalue weighted by atomic mass is 10.1. The van der Waals surface area contributed by atoms with Gasteiger partial charge in [-0.1, -0.05) is 0 Å². The summed E-state index contributed by atoms with van der Waals surface area (Å²) in [5.41, 5.74) is -0.707. The summed E-state index contributed by atoms with van der Waals surface area (Å²) < 4.78 is 12.6. The van der Waals surface area contributed by atoms with E-state index in [1.54, 1.807) is 6.92 Å². The molecule has 23 heavy (non-hydrogen) atoms. The van der Waals surface area contributed by atoms with Gasteiger partial charge in [0.05, 0.1) is 25.9 Å². The Labute approximate surface area is 132 Å². The lowest BCUT2D eigenvalue weighted by Gasteiger charge is -2.43. The molecule has 0 radical (unpaired) electrons. The number of hydrogen-bond donors (Lipinski definition) is 3. The highest BCUT2D eigenvalue weighted by Crippen LogP contribution is 2.37. The van der Waals surface area contributed by atoms with Crippen molar-refractivity contribution in [3.8, 4) is 0 Å². The summed E-state index contributed by atoms with van der Waals surface area (Å²) in [6.45, 7) is 3.20. The number of nitrogens with zero attached hydrogens (tertiary/aromatic N) is 2. The van der Waals surface area contributed by atoms with Gasteiger partial charge in [-0.2, -0.15) is 0 Å². The van der Waals surface area contributed by atoms with Gasteiger partial charge in [-0.05, 0) is 6.92 Å². The third-order valence-electron chi connectivity index (χ3n) is 4.43. The summed E-state index contributed by atoms with van der Waals surface area (Å²) in [4.78, 5) is 28.2. The monoisotopic (exact) mass is 327 g/mol. The second kappa shape index (κ2) is 6.17. The molecule has 2 aliphatic heterocycles. The molecule has 2 fully saturated rings. The number of aliphatic hydroxyl groups excluding tert-OH is 2. The zero-order valence-corrected chi connectivity index (χ0v) is 12.9. The van der Waals surface area contributed by atoms with E-state index in [4.69, 9.17) is 9.47 Å². The molecule has 1 aromatic rings. The van der Waals surface area contributed by atoms with Gasteiger partial charge in [-0.15, -0.1) is 0 Å². The fourth-order valence-corrected chi connectivity index (χ4v) is 3.18. The van der Waals surface area contributed by atoms with Crippen LogP contribution in [-0.2, 0) is 15.3 Å². The number of aliphatic hydroxyl groups is 2. The van der Waals surface area contributed by atoms with Gasteiger partial charge in [0.25, 0.3) is 5.56 Å². The van der Waals surface area contributed by atoms with Crippen LogP contribution in [0.1, 0.15) is 12.0 Å². The molecule has 1 aromatic heterocycles. The highest BCUT2D eigenvalue weighted by Gasteiger charge is 2.52. The van der Waals surface area contributed by atoms with Gasteiger partial charge in [0.1, 0.15) is 6.10 Å². The topological polar surface area (TPSA) is 117 Å². The molecule has 3 rings (SSSR count). The van der Waals surface area contributed by atoms with Crippen molar-refractivity contribution in [2.24, 2.45) is 0 Å². The van der Waals surface area contributed by atoms with E-state index in [0.717, 1.165) is 0 Å². The average molecular weight is 327 g/mol. The van der Waals surface area contributed by atoms with Crippen molar-refractivity contribution in [2.45, 2.75) is 31.4 Å². The van der Waals surface area contributed by atoms with Crippen LogP contribution in [0.5, 0.6) is 0 Å². The maximum absolute atomic E-state index is 12.4. The number of hydrogen-bond acceptors (Lipinski definition) is 7. The van der Waals surface area contributed by atoms with Crippen LogP contribution >= 0.6 is 0 Å². The summed E-state index contributed by atoms with van der Waals surface area (Å²) in [7, 11) is 0. The zero-order valence-electron chi connectivity index (χ0n) is 12.9. The second-order valence-corrected chi connectivity index (χ2v) is 5.89. The van der Waals surface area contributed by atoms with Crippen LogP contribution in [0, 0.1) is 6.92 Å². The van der Waals surface area contributed by atoms with Gasteiger partial charge < -0.3 is 19.7 Å². The Balaban J connectivity index is 2.11. The molecule has 3 atom stereocenters. The van der Waals surface area contributed by atoms with Crippen LogP contribution < -0.4 is 11.2 Å². The first kappa shape index (κ1) is 16.3. The number of aryl methyl sites for hydroxylation is 1. The van der Waals surface area contributed by atoms with E-state index in [0.29, 0.717) is 31.9 Å². The third-order valence-corrected chi connectivity index (χ3v) is 4.43. The van der Waals surface area contributed by atoms with E-state index in [9.17, 15) is 19.8 Å². The predicted molar refractivity (Wildman–Crippen MR) is 79.0 cm³/mol. The van der Waals surface area contributed by atoms with Crippen molar-refractivity contribution in [1.29, 1.82) is 0 Å². The standard InChI is InChI=1S/C14H21N3O6/c1-9-7-17(13(21)15-12(9)20)14(16-2-4-22-5-3-16)6-10(19)11(8-18)23-14/h7,10-11,18-19H,2-6,8H2,1H3,(H,15,20,21)/t10-,11+,14-/m0/s1. The SMILES string of the molecule is Cc1cn([C@@]2(N3CCOCC3)C[C@H](O)[C@@H](CO)O2)c(=O)[nH]c1=O. The Bertz CT molecular complexity index is 680. The highest BCUT2D eigenvalue weighted by molar-refractivity contribution is 5.04. The van der Waals surface area contributed by atoms with Gasteiger partial charge >= 0.3 is 5.69 Å². The minimum Gasteiger partial charge on any atom is -0.394 e. The van der Waals surface area contributed by atoms with E-state index in [2.05, 4.69) is 4.98 Å². The van der Waals surface area contributed by atoms with E-state index in [-0.39, 0.29) is 13.0 Å². The van der Waals surface area contributed by atoms with Gasteiger partial charge in [0.15, 0.2) is 0 Å². The summed E-state index contributed by atoms with van der Waals surface area (Å²) in [6, 6.07) is 0. The van der Waals surface area contributed by atoms with Crippen LogP contribution in [0.25, 0.3) is 0 Å². The van der Waals surface area contributed by atoms with E-state index in [1.165, 1.54) is 10.8 Å². The molecule has 0 amide bonds. The predicted octanol–water partition coefficient (Wildman–Crippen LogP) is -2.07. The van der Waals surface area contributed by atoms with E-state index >= 15 is 0 Å². The number of morpholine rings is 1. The molecule has 0 saturated carbocycles. The maximum atomic E-state index is 12.4. The van der Waals surface area contributed by atoms with Crippen LogP contribution in [0.3, 0.4) is 0 Å². The number of aromatic amines is 1. The lowest BCUT2D eigenvalue weighted by molar-refractivity contribution is -0.228. The van der Waals surface area contributed by atoms with Crippen molar-refractivity contribution >= 4 is 0 Å². The molecular formula is C14H21N3O6. The average Bonchev–Trinajstić information content (AvgIpc) is 2.89. The number of ether oxygens (including phenoxy) is 2. The maximum Gasteiger partial charge on any atom is 0.331 e. The molecule has 128 valence electrons. The van der Waals surface area contributed by atoms with Gasteiger partial charge in [-0.25, -0.2) is 4.79 Å². The number of rotatable bonds is 3. The molecule has 2 saturated heterocycles. The molecule has 3 heterocycles. The Morgan fingerprint density at radius 1 is 1.39 bits per heavy atom. The molecule has 0 unspecified atom stereocenters. The number of nitrogens with one attached hydrogen (secondary N) is 1. The van der Waals surface area contributed by atoms with Crippen molar-refractivity contribution in [3.05, 3.63) is 32.6 Å². The minimum atomic E-state index is -1.25. The molecule has 9 heteroatoms. The molecule has 0 spiro atoms. The van der Waals surface area contributed by atoms with Crippen molar-refractivity contribution in [3.63, 3.8) is 0 Å². The summed E-state index contributed by atoms with van der Waals surface area (Å²) in [6.07, 6.45) is -0.161. The molecule has 0 bridgehead atoms. The van der Waals surface area contributed by atoms with Gasteiger partial charge in [0.2, 0.25) is 5.85 Å². The first-order chi connectivity index (χ1) is 11.0. The lowest BCUT2D eigenvalue weighted by Crippen LogP contribution is -2.58. The molecular weight excluding hydrogens is 306 g/mol. The number of H-pyrrole nitrogens is 1. The van der Waals surface area contributed by atoms with Crippen molar-refractivity contribution in [1.82, 2.24) is 14.5 Å². The Hall–Kier alpha value is -1.52. The fourth-order valence-electron chi connectivity index (χ4n) is 3.18. The zero-order chi connectivity index (χ0) is 16.6. The molecule has 3 N–H and O–H groups in total. The smallest absolute Gasteiger partial charge is 0.331 e. The Morgan fingerprint density at radius 2 is 2.09 bits per heavy atom. The van der Waals surface area contributed by atoms with Crippen LogP contribution in [0.4, 0.5) is 0 Å². The summed E-state index contributed by atoms with van der Waals surface area (Å²) in [5, 5.41) is 19.6. The van der Waals surface area contributed by atoms with Crippen molar-refractivity contribution < 1.29 is 19.7 Å². The highest BCUT2D eigenvalue weighted by atomic mass is 16.6. The van der Waals surface area contributed by atoms with E-state index < -0.39 is 29.3 Å². The van der Waals surface area contributed by atoms with Crippen LogP contribution in [0.2, 0.25) is 0 Å². The fraction of sp³-hybridized carbons (Fsp3) is 0.714. The largest absolute Gasteiger partial charge is 0.394 e. The molecule has 9 nitrogen and oxygen atoms in total. The Kier molecular flexibility index (Phi) is 4.39. The summed E-state index contributed by atoms with van der Waals surface area (Å²) >= 11 is 0. The van der Waals surface area contributed by atoms with Crippen molar-refractivity contribution in [2.75, 3.05) is 32.9 Å². The second-order valence-electron chi connectivity index (χ2n) is 5.89. The summed E-state index contributed by atoms with van der Waals surface area (Å²) in [5.74, 6) is -1.25. The normalized spacial score (nSPS) is 32.3. The van der Waals surface area contributed by atoms with Crippen LogP contribution in [-0.4, -0.2) is 69.8 Å². The third kappa shape index (κ3) is 2.74. The first-order valence-electron chi connectivity index (χ1n) is 7.60. The first-order valence-corrected chi connectivity index (χ1v) is 7.60. The minimum absolute atomic E-state index is 0.115. The quantitative estimate of drug-likeness (QED) is 0.584. The van der Waals surface area contributed by atoms with Gasteiger partial charge in [-0.3, -0.25) is 19.2 Å². The van der Waals surface area contributed by atoms with Crippen LogP contribution in [0.15, 0.2) is 15.8 Å². The van der Waals surface area contributed by atoms with Gasteiger partial charge in [0, 0.05) is 31.3 Å². The molecule has 0 aromatic carbocycles.